The van der Waals surface area contributed by atoms with Crippen LogP contribution in [-0.2, 0) is 10.0 Å². The van der Waals surface area contributed by atoms with Crippen LogP contribution in [0.2, 0.25) is 0 Å². The summed E-state index contributed by atoms with van der Waals surface area (Å²) in [6, 6.07) is 10.2. The lowest BCUT2D eigenvalue weighted by atomic mass is 9.93. The quantitative estimate of drug-likeness (QED) is 0.512. The van der Waals surface area contributed by atoms with Gasteiger partial charge in [0, 0.05) is 48.2 Å². The number of hydrogen-bond donors (Lipinski definition) is 2. The van der Waals surface area contributed by atoms with Gasteiger partial charge in [0.05, 0.1) is 10.8 Å². The monoisotopic (exact) mass is 507 g/mol. The molecule has 2 unspecified atom stereocenters. The third-order valence-corrected chi connectivity index (χ3v) is 10.9. The predicted octanol–water partition coefficient (Wildman–Crippen LogP) is 4.29. The van der Waals surface area contributed by atoms with Gasteiger partial charge in [-0.15, -0.1) is 0 Å². The number of benzene rings is 1. The van der Waals surface area contributed by atoms with E-state index >= 15 is 0 Å². The molecule has 0 amide bonds. The second-order valence-corrected chi connectivity index (χ2v) is 13.1. The van der Waals surface area contributed by atoms with Crippen LogP contribution in [0.4, 0.5) is 17.6 Å². The Bertz CT molecular complexity index is 1380. The van der Waals surface area contributed by atoms with Crippen LogP contribution in [0.1, 0.15) is 69.4 Å². The standard InChI is InChI=1S/C26H33N7O2S/c34-36(35,20-6-2-1-3-7-20)33-16-18-12-13-19(33)15-32(18)26-27-22-9-5-4-8-21(22)25(29-26)28-24-14-23(30-31-24)17-10-11-17/h4-5,8-9,14,17-20H,1-3,6-7,10-13,15-16H2,(H2,27,28,29,30,31). The van der Waals surface area contributed by atoms with E-state index in [1.165, 1.54) is 18.5 Å². The number of fused-ring (bicyclic) bond motifs is 4. The third-order valence-electron chi connectivity index (χ3n) is 8.49. The molecule has 3 saturated heterocycles. The molecule has 2 N–H and O–H groups in total. The van der Waals surface area contributed by atoms with Gasteiger partial charge >= 0.3 is 0 Å². The molecule has 2 aromatic heterocycles. The molecule has 8 rings (SSSR count). The van der Waals surface area contributed by atoms with Crippen molar-refractivity contribution in [3.63, 3.8) is 0 Å². The average Bonchev–Trinajstić information content (AvgIpc) is 3.67. The number of para-hydroxylation sites is 1. The molecule has 5 fully saturated rings. The Morgan fingerprint density at radius 3 is 2.50 bits per heavy atom. The van der Waals surface area contributed by atoms with Crippen molar-refractivity contribution in [2.45, 2.75) is 81.0 Å². The van der Waals surface area contributed by atoms with Crippen molar-refractivity contribution in [1.82, 2.24) is 24.5 Å². The highest BCUT2D eigenvalue weighted by Crippen LogP contribution is 2.40. The second kappa shape index (κ2) is 8.69. The molecular weight excluding hydrogens is 474 g/mol. The van der Waals surface area contributed by atoms with Crippen molar-refractivity contribution < 1.29 is 8.42 Å². The van der Waals surface area contributed by atoms with Gasteiger partial charge in [-0.3, -0.25) is 5.10 Å². The van der Waals surface area contributed by atoms with Gasteiger partial charge < -0.3 is 10.2 Å². The molecular formula is C26H33N7O2S. The number of nitrogens with one attached hydrogen (secondary N) is 2. The number of rotatable bonds is 6. The normalized spacial score (nSPS) is 25.5. The first-order chi connectivity index (χ1) is 17.6. The number of aromatic nitrogens is 4. The van der Waals surface area contributed by atoms with E-state index in [1.54, 1.807) is 0 Å². The number of sulfonamides is 1. The maximum absolute atomic E-state index is 13.5. The van der Waals surface area contributed by atoms with Crippen LogP contribution < -0.4 is 10.2 Å². The maximum atomic E-state index is 13.5. The number of anilines is 3. The molecule has 190 valence electrons. The largest absolute Gasteiger partial charge is 0.335 e. The molecule has 0 spiro atoms. The first kappa shape index (κ1) is 22.5. The summed E-state index contributed by atoms with van der Waals surface area (Å²) in [4.78, 5) is 12.1. The van der Waals surface area contributed by atoms with Gasteiger partial charge in [0.1, 0.15) is 5.82 Å². The fraction of sp³-hybridized carbons (Fsp3) is 0.577. The molecule has 2 atom stereocenters. The molecule has 2 saturated carbocycles. The SMILES string of the molecule is O=S(=O)(C1CCCCC1)N1CC2CCC1CN2c1nc(Nc2cc(C3CC3)[nH]n2)c2ccccc2n1. The van der Waals surface area contributed by atoms with E-state index in [2.05, 4.69) is 26.5 Å². The van der Waals surface area contributed by atoms with Gasteiger partial charge in [0.2, 0.25) is 16.0 Å². The number of hydrogen-bond acceptors (Lipinski definition) is 7. The van der Waals surface area contributed by atoms with Crippen LogP contribution in [0, 0.1) is 0 Å². The van der Waals surface area contributed by atoms with Crippen LogP contribution in [0.15, 0.2) is 30.3 Å². The highest BCUT2D eigenvalue weighted by atomic mass is 32.2. The summed E-state index contributed by atoms with van der Waals surface area (Å²) in [5.74, 6) is 2.76. The van der Waals surface area contributed by atoms with Crippen LogP contribution in [0.25, 0.3) is 10.9 Å². The van der Waals surface area contributed by atoms with E-state index in [4.69, 9.17) is 9.97 Å². The zero-order chi connectivity index (χ0) is 24.3. The van der Waals surface area contributed by atoms with Crippen molar-refractivity contribution in [3.05, 3.63) is 36.0 Å². The molecule has 9 nitrogen and oxygen atoms in total. The first-order valence-corrected chi connectivity index (χ1v) is 14.9. The van der Waals surface area contributed by atoms with Gasteiger partial charge in [-0.1, -0.05) is 31.4 Å². The fourth-order valence-electron chi connectivity index (χ4n) is 6.31. The summed E-state index contributed by atoms with van der Waals surface area (Å²) in [6.45, 7) is 1.18. The Labute approximate surface area is 211 Å². The number of nitrogens with zero attached hydrogens (tertiary/aromatic N) is 5. The first-order valence-electron chi connectivity index (χ1n) is 13.4. The Morgan fingerprint density at radius 1 is 0.917 bits per heavy atom. The van der Waals surface area contributed by atoms with Crippen molar-refractivity contribution in [2.75, 3.05) is 23.3 Å². The van der Waals surface area contributed by atoms with Crippen molar-refractivity contribution in [1.29, 1.82) is 0 Å². The number of aromatic amines is 1. The third kappa shape index (κ3) is 3.94. The molecule has 5 heterocycles. The highest BCUT2D eigenvalue weighted by Gasteiger charge is 2.47. The molecule has 5 aliphatic rings. The summed E-state index contributed by atoms with van der Waals surface area (Å²) in [5, 5.41) is 11.8. The number of piperidine rings is 2. The Kier molecular flexibility index (Phi) is 5.43. The molecule has 2 bridgehead atoms. The Hall–Kier alpha value is -2.72. The van der Waals surface area contributed by atoms with Crippen molar-refractivity contribution >= 4 is 38.5 Å². The highest BCUT2D eigenvalue weighted by molar-refractivity contribution is 7.89. The lowest BCUT2D eigenvalue weighted by Crippen LogP contribution is -2.65. The second-order valence-electron chi connectivity index (χ2n) is 10.9. The van der Waals surface area contributed by atoms with Crippen LogP contribution in [0.5, 0.6) is 0 Å². The zero-order valence-electron chi connectivity index (χ0n) is 20.4. The molecule has 10 heteroatoms. The Balaban J connectivity index is 1.17. The van der Waals surface area contributed by atoms with E-state index < -0.39 is 10.0 Å². The van der Waals surface area contributed by atoms with Gasteiger partial charge in [-0.25, -0.2) is 13.4 Å². The van der Waals surface area contributed by atoms with E-state index in [-0.39, 0.29) is 17.3 Å². The number of piperazine rings is 1. The van der Waals surface area contributed by atoms with Crippen LogP contribution in [0.3, 0.4) is 0 Å². The molecule has 0 radical (unpaired) electrons. The summed E-state index contributed by atoms with van der Waals surface area (Å²) >= 11 is 0. The van der Waals surface area contributed by atoms with Gasteiger partial charge in [-0.2, -0.15) is 14.4 Å². The van der Waals surface area contributed by atoms with Crippen molar-refractivity contribution in [3.8, 4) is 0 Å². The summed E-state index contributed by atoms with van der Waals surface area (Å²) < 4.78 is 28.9. The Morgan fingerprint density at radius 2 is 1.72 bits per heavy atom. The molecule has 2 aliphatic carbocycles. The minimum Gasteiger partial charge on any atom is -0.335 e. The average molecular weight is 508 g/mol. The lowest BCUT2D eigenvalue weighted by molar-refractivity contribution is 0.175. The van der Waals surface area contributed by atoms with Crippen molar-refractivity contribution in [2.24, 2.45) is 0 Å². The van der Waals surface area contributed by atoms with Gasteiger partial charge in [0.25, 0.3) is 0 Å². The van der Waals surface area contributed by atoms with Gasteiger partial charge in [-0.05, 0) is 50.7 Å². The lowest BCUT2D eigenvalue weighted by Gasteiger charge is -2.51. The molecule has 3 aliphatic heterocycles. The summed E-state index contributed by atoms with van der Waals surface area (Å²) in [6.07, 6.45) is 9.11. The van der Waals surface area contributed by atoms with E-state index in [1.807, 2.05) is 28.6 Å². The van der Waals surface area contributed by atoms with Gasteiger partial charge in [0.15, 0.2) is 5.82 Å². The molecule has 1 aromatic carbocycles. The van der Waals surface area contributed by atoms with E-state index in [0.29, 0.717) is 25.0 Å². The topological polar surface area (TPSA) is 107 Å². The van der Waals surface area contributed by atoms with Crippen LogP contribution in [-0.4, -0.2) is 63.3 Å². The van der Waals surface area contributed by atoms with Crippen LogP contribution >= 0.6 is 0 Å². The summed E-state index contributed by atoms with van der Waals surface area (Å²) in [7, 11) is -3.26. The smallest absolute Gasteiger partial charge is 0.228 e. The minimum absolute atomic E-state index is 0.0131. The van der Waals surface area contributed by atoms with E-state index in [0.717, 1.165) is 67.5 Å². The predicted molar refractivity (Wildman–Crippen MR) is 140 cm³/mol. The maximum Gasteiger partial charge on any atom is 0.228 e. The van der Waals surface area contributed by atoms with E-state index in [9.17, 15) is 8.42 Å². The number of H-pyrrole nitrogens is 1. The fourth-order valence-corrected chi connectivity index (χ4v) is 8.59. The zero-order valence-corrected chi connectivity index (χ0v) is 21.3. The molecule has 36 heavy (non-hydrogen) atoms. The summed E-state index contributed by atoms with van der Waals surface area (Å²) in [5.41, 5.74) is 2.04. The molecule has 3 aromatic rings. The minimum atomic E-state index is -3.26.